The van der Waals surface area contributed by atoms with E-state index in [9.17, 15) is 0 Å². The van der Waals surface area contributed by atoms with Crippen LogP contribution in [-0.4, -0.2) is 24.0 Å². The van der Waals surface area contributed by atoms with Crippen LogP contribution in [0.3, 0.4) is 0 Å². The van der Waals surface area contributed by atoms with E-state index < -0.39 is 0 Å². The van der Waals surface area contributed by atoms with Crippen molar-refractivity contribution in [2.75, 3.05) is 12.8 Å². The highest BCUT2D eigenvalue weighted by molar-refractivity contribution is 5.40. The van der Waals surface area contributed by atoms with Crippen molar-refractivity contribution < 1.29 is 0 Å². The third-order valence-corrected chi connectivity index (χ3v) is 4.76. The molecule has 0 aliphatic carbocycles. The van der Waals surface area contributed by atoms with Crippen molar-refractivity contribution >= 4 is 5.69 Å². The van der Waals surface area contributed by atoms with Gasteiger partial charge in [0.25, 0.3) is 0 Å². The minimum Gasteiger partial charge on any atom is -0.399 e. The van der Waals surface area contributed by atoms with Gasteiger partial charge in [-0.3, -0.25) is 0 Å². The second-order valence-corrected chi connectivity index (χ2v) is 5.75. The quantitative estimate of drug-likeness (QED) is 0.791. The second kappa shape index (κ2) is 4.34. The fourth-order valence-corrected chi connectivity index (χ4v) is 3.82. The van der Waals surface area contributed by atoms with Gasteiger partial charge in [0, 0.05) is 17.8 Å². The molecular formula is C15H22N2. The van der Waals surface area contributed by atoms with Crippen LogP contribution in [-0.2, 0) is 6.42 Å². The van der Waals surface area contributed by atoms with E-state index in [0.717, 1.165) is 23.7 Å². The van der Waals surface area contributed by atoms with Gasteiger partial charge in [-0.05, 0) is 62.8 Å². The van der Waals surface area contributed by atoms with Crippen LogP contribution in [0.5, 0.6) is 0 Å². The van der Waals surface area contributed by atoms with Gasteiger partial charge in [0.1, 0.15) is 0 Å². The zero-order valence-electron chi connectivity index (χ0n) is 10.6. The van der Waals surface area contributed by atoms with Gasteiger partial charge in [0.15, 0.2) is 0 Å². The van der Waals surface area contributed by atoms with Crippen molar-refractivity contribution in [2.45, 2.75) is 44.2 Å². The minimum atomic E-state index is 0.815. The monoisotopic (exact) mass is 230 g/mol. The highest BCUT2D eigenvalue weighted by atomic mass is 15.2. The van der Waals surface area contributed by atoms with Gasteiger partial charge >= 0.3 is 0 Å². The van der Waals surface area contributed by atoms with Crippen LogP contribution in [0, 0.1) is 5.92 Å². The number of hydrogen-bond acceptors (Lipinski definition) is 2. The fourth-order valence-electron chi connectivity index (χ4n) is 3.82. The fraction of sp³-hybridized carbons (Fsp3) is 0.600. The maximum atomic E-state index is 5.86. The van der Waals surface area contributed by atoms with Crippen LogP contribution in [0.25, 0.3) is 0 Å². The smallest absolute Gasteiger partial charge is 0.0316 e. The number of anilines is 1. The third kappa shape index (κ3) is 2.06. The van der Waals surface area contributed by atoms with E-state index in [4.69, 9.17) is 5.73 Å². The number of piperidine rings is 1. The zero-order valence-corrected chi connectivity index (χ0v) is 10.6. The van der Waals surface area contributed by atoms with Gasteiger partial charge in [-0.1, -0.05) is 12.1 Å². The summed E-state index contributed by atoms with van der Waals surface area (Å²) in [7, 11) is 2.31. The molecule has 2 aliphatic rings. The molecule has 92 valence electrons. The minimum absolute atomic E-state index is 0.815. The Morgan fingerprint density at radius 3 is 2.88 bits per heavy atom. The molecule has 2 N–H and O–H groups in total. The van der Waals surface area contributed by atoms with E-state index >= 15 is 0 Å². The van der Waals surface area contributed by atoms with Crippen molar-refractivity contribution in [3.05, 3.63) is 29.8 Å². The maximum absolute atomic E-state index is 5.86. The largest absolute Gasteiger partial charge is 0.399 e. The Balaban J connectivity index is 1.73. The van der Waals surface area contributed by atoms with Gasteiger partial charge in [-0.2, -0.15) is 0 Å². The molecule has 0 unspecified atom stereocenters. The molecule has 2 nitrogen and oxygen atoms in total. The van der Waals surface area contributed by atoms with Crippen LogP contribution in [0.1, 0.15) is 31.2 Å². The summed E-state index contributed by atoms with van der Waals surface area (Å²) in [5.74, 6) is 0.834. The Morgan fingerprint density at radius 2 is 2.06 bits per heavy atom. The molecule has 0 amide bonds. The molecule has 2 heterocycles. The molecule has 2 aliphatic heterocycles. The van der Waals surface area contributed by atoms with E-state index in [1.807, 2.05) is 6.07 Å². The lowest BCUT2D eigenvalue weighted by atomic mass is 9.85. The highest BCUT2D eigenvalue weighted by Gasteiger charge is 2.39. The number of fused-ring (bicyclic) bond motifs is 2. The summed E-state index contributed by atoms with van der Waals surface area (Å²) < 4.78 is 0. The summed E-state index contributed by atoms with van der Waals surface area (Å²) in [6.07, 6.45) is 6.80. The molecule has 0 spiro atoms. The summed E-state index contributed by atoms with van der Waals surface area (Å²) in [5.41, 5.74) is 8.17. The molecule has 17 heavy (non-hydrogen) atoms. The second-order valence-electron chi connectivity index (χ2n) is 5.75. The summed E-state index contributed by atoms with van der Waals surface area (Å²) in [5, 5.41) is 0. The predicted molar refractivity (Wildman–Crippen MR) is 71.9 cm³/mol. The van der Waals surface area contributed by atoms with Crippen LogP contribution in [0.15, 0.2) is 24.3 Å². The molecule has 2 bridgehead atoms. The molecule has 2 heteroatoms. The molecule has 3 atom stereocenters. The van der Waals surface area contributed by atoms with Crippen molar-refractivity contribution in [1.82, 2.24) is 4.90 Å². The lowest BCUT2D eigenvalue weighted by Gasteiger charge is -2.37. The van der Waals surface area contributed by atoms with E-state index in [1.54, 1.807) is 0 Å². The molecule has 0 aromatic heterocycles. The first-order valence-corrected chi connectivity index (χ1v) is 6.80. The number of rotatable bonds is 2. The van der Waals surface area contributed by atoms with Crippen LogP contribution in [0.2, 0.25) is 0 Å². The Labute approximate surface area is 104 Å². The lowest BCUT2D eigenvalue weighted by molar-refractivity contribution is 0.120. The molecule has 2 fully saturated rings. The lowest BCUT2D eigenvalue weighted by Crippen LogP contribution is -2.42. The summed E-state index contributed by atoms with van der Waals surface area (Å²) in [6.45, 7) is 0. The Kier molecular flexibility index (Phi) is 2.83. The van der Waals surface area contributed by atoms with Gasteiger partial charge in [-0.25, -0.2) is 0 Å². The van der Waals surface area contributed by atoms with Crippen molar-refractivity contribution in [1.29, 1.82) is 0 Å². The maximum Gasteiger partial charge on any atom is 0.0316 e. The molecule has 3 rings (SSSR count). The molecule has 0 saturated carbocycles. The average Bonchev–Trinajstić information content (AvgIpc) is 2.55. The summed E-state index contributed by atoms with van der Waals surface area (Å²) in [6, 6.07) is 10.1. The SMILES string of the molecule is CN1[C@H]2CC[C@H](Cc3cccc(N)c3)[C@H]1CC2. The number of hydrogen-bond donors (Lipinski definition) is 1. The number of benzene rings is 1. The molecular weight excluding hydrogens is 208 g/mol. The molecule has 0 radical (unpaired) electrons. The first-order valence-electron chi connectivity index (χ1n) is 6.80. The number of nitrogens with zero attached hydrogens (tertiary/aromatic N) is 1. The van der Waals surface area contributed by atoms with E-state index in [1.165, 1.54) is 37.7 Å². The van der Waals surface area contributed by atoms with Gasteiger partial charge in [0.2, 0.25) is 0 Å². The van der Waals surface area contributed by atoms with E-state index in [0.29, 0.717) is 0 Å². The van der Waals surface area contributed by atoms with Gasteiger partial charge in [-0.15, -0.1) is 0 Å². The third-order valence-electron chi connectivity index (χ3n) is 4.76. The van der Waals surface area contributed by atoms with E-state index in [2.05, 4.69) is 30.1 Å². The van der Waals surface area contributed by atoms with Crippen LogP contribution < -0.4 is 5.73 Å². The summed E-state index contributed by atoms with van der Waals surface area (Å²) >= 11 is 0. The highest BCUT2D eigenvalue weighted by Crippen LogP contribution is 2.39. The Morgan fingerprint density at radius 1 is 1.24 bits per heavy atom. The predicted octanol–water partition coefficient (Wildman–Crippen LogP) is 2.68. The normalized spacial score (nSPS) is 32.9. The molecule has 1 aromatic rings. The first-order chi connectivity index (χ1) is 8.24. The van der Waals surface area contributed by atoms with Gasteiger partial charge in [0.05, 0.1) is 0 Å². The Bertz CT molecular complexity index is 402. The van der Waals surface area contributed by atoms with Crippen molar-refractivity contribution in [3.8, 4) is 0 Å². The number of nitrogens with two attached hydrogens (primary N) is 1. The average molecular weight is 230 g/mol. The van der Waals surface area contributed by atoms with E-state index in [-0.39, 0.29) is 0 Å². The topological polar surface area (TPSA) is 29.3 Å². The Hall–Kier alpha value is -1.02. The van der Waals surface area contributed by atoms with Crippen molar-refractivity contribution in [2.24, 2.45) is 5.92 Å². The van der Waals surface area contributed by atoms with Gasteiger partial charge < -0.3 is 10.6 Å². The van der Waals surface area contributed by atoms with Crippen molar-refractivity contribution in [3.63, 3.8) is 0 Å². The van der Waals surface area contributed by atoms with Crippen LogP contribution >= 0.6 is 0 Å². The molecule has 2 saturated heterocycles. The standard InChI is InChI=1S/C15H22N2/c1-17-14-6-5-12(15(17)8-7-14)9-11-3-2-4-13(16)10-11/h2-4,10,12,14-15H,5-9,16H2,1H3/t12-,14+,15-/m1/s1. The first kappa shape index (κ1) is 11.1. The zero-order chi connectivity index (χ0) is 11.8. The van der Waals surface area contributed by atoms with Crippen LogP contribution in [0.4, 0.5) is 5.69 Å². The molecule has 1 aromatic carbocycles. The summed E-state index contributed by atoms with van der Waals surface area (Å²) in [4.78, 5) is 2.63. The number of nitrogen functional groups attached to an aromatic ring is 1.